The van der Waals surface area contributed by atoms with Crippen molar-refractivity contribution in [2.75, 3.05) is 7.11 Å². The summed E-state index contributed by atoms with van der Waals surface area (Å²) in [6.07, 6.45) is 1.26. The van der Waals surface area contributed by atoms with E-state index in [9.17, 15) is 18.9 Å². The molecule has 0 saturated carbocycles. The molecule has 0 unspecified atom stereocenters. The minimum absolute atomic E-state index is 0.00671. The van der Waals surface area contributed by atoms with Crippen LogP contribution in [0.5, 0.6) is 11.5 Å². The van der Waals surface area contributed by atoms with Crippen LogP contribution in [0.1, 0.15) is 6.92 Å². The molecular weight excluding hydrogens is 368 g/mol. The zero-order chi connectivity index (χ0) is 19.6. The lowest BCUT2D eigenvalue weighted by Crippen LogP contribution is -2.03. The Morgan fingerprint density at radius 2 is 2.04 bits per heavy atom. The quantitative estimate of drug-likeness (QED) is 0.452. The van der Waals surface area contributed by atoms with Crippen molar-refractivity contribution in [3.8, 4) is 34.5 Å². The number of methoxy groups -OCH3 is 1. The Morgan fingerprint density at radius 1 is 1.30 bits per heavy atom. The lowest BCUT2D eigenvalue weighted by atomic mass is 10.2. The maximum Gasteiger partial charge on any atom is 0.387 e. The van der Waals surface area contributed by atoms with Gasteiger partial charge in [0.2, 0.25) is 11.6 Å². The molecule has 0 aliphatic heterocycles. The van der Waals surface area contributed by atoms with Crippen LogP contribution < -0.4 is 9.47 Å². The molecule has 0 saturated heterocycles. The van der Waals surface area contributed by atoms with Crippen LogP contribution in [-0.4, -0.2) is 38.6 Å². The van der Waals surface area contributed by atoms with Crippen molar-refractivity contribution in [2.45, 2.75) is 20.1 Å². The van der Waals surface area contributed by atoms with Crippen molar-refractivity contribution >= 4 is 5.69 Å². The van der Waals surface area contributed by atoms with E-state index in [1.165, 1.54) is 36.2 Å². The average molecular weight is 381 g/mol. The van der Waals surface area contributed by atoms with Crippen LogP contribution in [0.15, 0.2) is 28.8 Å². The number of hydrogen-bond donors (Lipinski definition) is 0. The van der Waals surface area contributed by atoms with Gasteiger partial charge in [0, 0.05) is 12.1 Å². The summed E-state index contributed by atoms with van der Waals surface area (Å²) in [5.41, 5.74) is 0.0142. The average Bonchev–Trinajstić information content (AvgIpc) is 3.28. The molecular formula is C15H13F2N5O5. The summed E-state index contributed by atoms with van der Waals surface area (Å²) in [5.74, 6) is -0.259. The maximum absolute atomic E-state index is 12.4. The Morgan fingerprint density at radius 3 is 2.67 bits per heavy atom. The molecule has 3 rings (SSSR count). The first-order valence-electron chi connectivity index (χ1n) is 7.61. The summed E-state index contributed by atoms with van der Waals surface area (Å²) >= 11 is 0. The van der Waals surface area contributed by atoms with Crippen molar-refractivity contribution in [1.82, 2.24) is 20.0 Å². The molecule has 12 heteroatoms. The van der Waals surface area contributed by atoms with Gasteiger partial charge in [-0.2, -0.15) is 13.9 Å². The molecule has 0 spiro atoms. The van der Waals surface area contributed by atoms with Gasteiger partial charge >= 0.3 is 12.3 Å². The molecule has 1 aromatic carbocycles. The first-order chi connectivity index (χ1) is 12.9. The summed E-state index contributed by atoms with van der Waals surface area (Å²) in [4.78, 5) is 10.6. The predicted octanol–water partition coefficient (Wildman–Crippen LogP) is 3.14. The van der Waals surface area contributed by atoms with Gasteiger partial charge in [0.25, 0.3) is 5.89 Å². The molecule has 2 aromatic heterocycles. The molecule has 2 heterocycles. The molecule has 0 atom stereocenters. The van der Waals surface area contributed by atoms with Gasteiger partial charge < -0.3 is 13.9 Å². The highest BCUT2D eigenvalue weighted by Crippen LogP contribution is 2.34. The number of nitrogens with zero attached hydrogens (tertiary/aromatic N) is 5. The number of rotatable bonds is 7. The van der Waals surface area contributed by atoms with Gasteiger partial charge in [-0.25, -0.2) is 0 Å². The fourth-order valence-corrected chi connectivity index (χ4v) is 2.29. The lowest BCUT2D eigenvalue weighted by molar-refractivity contribution is -0.384. The number of hydrogen-bond acceptors (Lipinski definition) is 8. The van der Waals surface area contributed by atoms with Crippen LogP contribution >= 0.6 is 0 Å². The predicted molar refractivity (Wildman–Crippen MR) is 86.5 cm³/mol. The SMILES string of the molecule is CCn1cc([N+](=O)[O-])c(-c2nnc(-c3ccc(OC(F)F)c(OC)c3)o2)n1. The maximum atomic E-state index is 12.4. The lowest BCUT2D eigenvalue weighted by Gasteiger charge is -2.10. The van der Waals surface area contributed by atoms with Crippen LogP contribution in [0.25, 0.3) is 23.0 Å². The van der Waals surface area contributed by atoms with Gasteiger partial charge in [0.05, 0.1) is 12.0 Å². The summed E-state index contributed by atoms with van der Waals surface area (Å²) in [7, 11) is 1.29. The van der Waals surface area contributed by atoms with Gasteiger partial charge in [-0.05, 0) is 25.1 Å². The topological polar surface area (TPSA) is 118 Å². The summed E-state index contributed by atoms with van der Waals surface area (Å²) < 4.78 is 41.0. The molecule has 10 nitrogen and oxygen atoms in total. The molecule has 0 amide bonds. The Hall–Kier alpha value is -3.57. The molecule has 0 N–H and O–H groups in total. The van der Waals surface area contributed by atoms with Gasteiger partial charge in [-0.15, -0.1) is 10.2 Å². The molecule has 0 aliphatic rings. The molecule has 0 radical (unpaired) electrons. The van der Waals surface area contributed by atoms with Crippen molar-refractivity contribution in [1.29, 1.82) is 0 Å². The van der Waals surface area contributed by atoms with Crippen LogP contribution in [0, 0.1) is 10.1 Å². The third-order valence-corrected chi connectivity index (χ3v) is 3.52. The minimum Gasteiger partial charge on any atom is -0.493 e. The van der Waals surface area contributed by atoms with Gasteiger partial charge in [0.15, 0.2) is 11.5 Å². The van der Waals surface area contributed by atoms with E-state index in [1.54, 1.807) is 6.92 Å². The second kappa shape index (κ2) is 7.35. The fraction of sp³-hybridized carbons (Fsp3) is 0.267. The number of halogens is 2. The van der Waals surface area contributed by atoms with Crippen molar-refractivity contribution < 1.29 is 27.6 Å². The smallest absolute Gasteiger partial charge is 0.387 e. The van der Waals surface area contributed by atoms with E-state index >= 15 is 0 Å². The highest BCUT2D eigenvalue weighted by atomic mass is 19.3. The number of ether oxygens (including phenoxy) is 2. The first kappa shape index (κ1) is 18.2. The molecule has 0 fully saturated rings. The molecule has 0 aliphatic carbocycles. The zero-order valence-corrected chi connectivity index (χ0v) is 14.1. The standard InChI is InChI=1S/C15H13F2N5O5/c1-3-21-7-9(22(23)24)12(20-21)14-19-18-13(27-14)8-4-5-10(26-15(16)17)11(6-8)25-2/h4-7,15H,3H2,1-2H3. The van der Waals surface area contributed by atoms with Crippen LogP contribution in [-0.2, 0) is 6.54 Å². The van der Waals surface area contributed by atoms with E-state index in [1.807, 2.05) is 0 Å². The van der Waals surface area contributed by atoms with Gasteiger partial charge in [-0.3, -0.25) is 14.8 Å². The zero-order valence-electron chi connectivity index (χ0n) is 14.1. The Balaban J connectivity index is 1.97. The van der Waals surface area contributed by atoms with Gasteiger partial charge in [-0.1, -0.05) is 0 Å². The van der Waals surface area contributed by atoms with E-state index in [0.29, 0.717) is 12.1 Å². The molecule has 27 heavy (non-hydrogen) atoms. The molecule has 142 valence electrons. The van der Waals surface area contributed by atoms with E-state index < -0.39 is 11.5 Å². The second-order valence-electron chi connectivity index (χ2n) is 5.13. The highest BCUT2D eigenvalue weighted by Gasteiger charge is 2.26. The second-order valence-corrected chi connectivity index (χ2v) is 5.13. The summed E-state index contributed by atoms with van der Waals surface area (Å²) in [6, 6.07) is 4.04. The number of benzene rings is 1. The highest BCUT2D eigenvalue weighted by molar-refractivity contribution is 5.64. The van der Waals surface area contributed by atoms with Crippen LogP contribution in [0.2, 0.25) is 0 Å². The van der Waals surface area contributed by atoms with Crippen molar-refractivity contribution in [3.05, 3.63) is 34.5 Å². The monoisotopic (exact) mass is 381 g/mol. The number of nitro groups is 1. The van der Waals surface area contributed by atoms with Crippen molar-refractivity contribution in [3.63, 3.8) is 0 Å². The molecule has 3 aromatic rings. The van der Waals surface area contributed by atoms with E-state index in [0.717, 1.165) is 0 Å². The van der Waals surface area contributed by atoms with E-state index in [-0.39, 0.29) is 34.7 Å². The largest absolute Gasteiger partial charge is 0.493 e. The third kappa shape index (κ3) is 3.68. The Labute approximate surface area is 150 Å². The van der Waals surface area contributed by atoms with Crippen LogP contribution in [0.3, 0.4) is 0 Å². The number of aromatic nitrogens is 4. The first-order valence-corrected chi connectivity index (χ1v) is 7.61. The normalized spacial score (nSPS) is 11.0. The minimum atomic E-state index is -3.01. The number of aryl methyl sites for hydroxylation is 1. The summed E-state index contributed by atoms with van der Waals surface area (Å²) in [5, 5.41) is 22.9. The van der Waals surface area contributed by atoms with E-state index in [2.05, 4.69) is 20.0 Å². The van der Waals surface area contributed by atoms with E-state index in [4.69, 9.17) is 9.15 Å². The third-order valence-electron chi connectivity index (χ3n) is 3.52. The Kier molecular flexibility index (Phi) is 4.96. The van der Waals surface area contributed by atoms with Gasteiger partial charge in [0.1, 0.15) is 6.20 Å². The number of alkyl halides is 2. The fourth-order valence-electron chi connectivity index (χ4n) is 2.29. The Bertz CT molecular complexity index is 971. The summed E-state index contributed by atoms with van der Waals surface area (Å²) in [6.45, 7) is -0.811. The molecule has 0 bridgehead atoms. The van der Waals surface area contributed by atoms with Crippen LogP contribution in [0.4, 0.5) is 14.5 Å². The van der Waals surface area contributed by atoms with Crippen molar-refractivity contribution in [2.24, 2.45) is 0 Å².